The SMILES string of the molecule is CCCOC(=O)CN1C(=O)/C(=C/c2cccnc2)SC1=S. The number of thiocarbonyl (C=S) groups is 1. The molecule has 0 N–H and O–H groups in total. The van der Waals surface area contributed by atoms with Crippen LogP contribution in [0.5, 0.6) is 0 Å². The second kappa shape index (κ2) is 7.33. The van der Waals surface area contributed by atoms with Gasteiger partial charge in [-0.25, -0.2) is 0 Å². The molecule has 21 heavy (non-hydrogen) atoms. The van der Waals surface area contributed by atoms with Gasteiger partial charge in [-0.05, 0) is 24.1 Å². The molecule has 1 aliphatic rings. The smallest absolute Gasteiger partial charge is 0.326 e. The molecule has 1 fully saturated rings. The van der Waals surface area contributed by atoms with Crippen LogP contribution in [0.3, 0.4) is 0 Å². The Morgan fingerprint density at radius 2 is 2.38 bits per heavy atom. The molecule has 2 heterocycles. The Kier molecular flexibility index (Phi) is 5.46. The summed E-state index contributed by atoms with van der Waals surface area (Å²) in [4.78, 5) is 29.6. The van der Waals surface area contributed by atoms with Gasteiger partial charge in [0, 0.05) is 12.4 Å². The van der Waals surface area contributed by atoms with Crippen molar-refractivity contribution in [1.82, 2.24) is 9.88 Å². The first-order valence-corrected chi connectivity index (χ1v) is 7.65. The van der Waals surface area contributed by atoms with Crippen LogP contribution in [0.4, 0.5) is 0 Å². The van der Waals surface area contributed by atoms with E-state index in [0.717, 1.165) is 12.0 Å². The lowest BCUT2D eigenvalue weighted by Gasteiger charge is -2.13. The number of carbonyl (C=O) groups excluding carboxylic acids is 2. The largest absolute Gasteiger partial charge is 0.464 e. The molecule has 1 aromatic rings. The van der Waals surface area contributed by atoms with Crippen LogP contribution >= 0.6 is 24.0 Å². The summed E-state index contributed by atoms with van der Waals surface area (Å²) in [7, 11) is 0. The monoisotopic (exact) mass is 322 g/mol. The summed E-state index contributed by atoms with van der Waals surface area (Å²) in [5.41, 5.74) is 0.812. The Balaban J connectivity index is 2.06. The molecule has 0 spiro atoms. The van der Waals surface area contributed by atoms with Gasteiger partial charge in [0.05, 0.1) is 11.5 Å². The first kappa shape index (κ1) is 15.7. The Labute approximate surface area is 132 Å². The molecule has 0 aromatic carbocycles. The minimum Gasteiger partial charge on any atom is -0.464 e. The van der Waals surface area contributed by atoms with Gasteiger partial charge in [-0.3, -0.25) is 19.5 Å². The molecule has 110 valence electrons. The van der Waals surface area contributed by atoms with Crippen molar-refractivity contribution >= 4 is 46.3 Å². The molecular formula is C14H14N2O3S2. The molecule has 1 aliphatic heterocycles. The molecule has 1 saturated heterocycles. The second-order valence-electron chi connectivity index (χ2n) is 4.27. The van der Waals surface area contributed by atoms with Gasteiger partial charge in [0.2, 0.25) is 0 Å². The third-order valence-electron chi connectivity index (χ3n) is 2.61. The number of thioether (sulfide) groups is 1. The molecule has 0 unspecified atom stereocenters. The number of aromatic nitrogens is 1. The fourth-order valence-electron chi connectivity index (χ4n) is 1.64. The van der Waals surface area contributed by atoms with E-state index in [0.29, 0.717) is 15.8 Å². The molecule has 0 radical (unpaired) electrons. The lowest BCUT2D eigenvalue weighted by Crippen LogP contribution is -2.34. The van der Waals surface area contributed by atoms with Gasteiger partial charge in [-0.1, -0.05) is 37.0 Å². The Morgan fingerprint density at radius 1 is 1.57 bits per heavy atom. The third-order valence-corrected chi connectivity index (χ3v) is 3.99. The average molecular weight is 322 g/mol. The summed E-state index contributed by atoms with van der Waals surface area (Å²) < 4.78 is 5.34. The molecule has 0 atom stereocenters. The van der Waals surface area contributed by atoms with E-state index in [1.807, 2.05) is 13.0 Å². The number of rotatable bonds is 5. The van der Waals surface area contributed by atoms with E-state index in [2.05, 4.69) is 4.98 Å². The number of carbonyl (C=O) groups is 2. The fourth-order valence-corrected chi connectivity index (χ4v) is 2.89. The van der Waals surface area contributed by atoms with Gasteiger partial charge in [0.15, 0.2) is 0 Å². The molecular weight excluding hydrogens is 308 g/mol. The van der Waals surface area contributed by atoms with Crippen LogP contribution in [0.25, 0.3) is 6.08 Å². The summed E-state index contributed by atoms with van der Waals surface area (Å²) in [5, 5.41) is 0. The summed E-state index contributed by atoms with van der Waals surface area (Å²) in [6, 6.07) is 3.63. The van der Waals surface area contributed by atoms with Gasteiger partial charge in [0.25, 0.3) is 5.91 Å². The van der Waals surface area contributed by atoms with Crippen molar-refractivity contribution in [2.75, 3.05) is 13.2 Å². The fraction of sp³-hybridized carbons (Fsp3) is 0.286. The zero-order valence-electron chi connectivity index (χ0n) is 11.4. The average Bonchev–Trinajstić information content (AvgIpc) is 2.74. The first-order chi connectivity index (χ1) is 10.1. The van der Waals surface area contributed by atoms with Gasteiger partial charge in [-0.15, -0.1) is 0 Å². The van der Waals surface area contributed by atoms with E-state index in [1.165, 1.54) is 16.7 Å². The summed E-state index contributed by atoms with van der Waals surface area (Å²) in [5.74, 6) is -0.724. The van der Waals surface area contributed by atoms with Crippen LogP contribution < -0.4 is 0 Å². The predicted molar refractivity (Wildman–Crippen MR) is 85.4 cm³/mol. The Hall–Kier alpha value is -1.73. The molecule has 5 nitrogen and oxygen atoms in total. The maximum atomic E-state index is 12.3. The molecule has 1 aromatic heterocycles. The standard InChI is InChI=1S/C14H14N2O3S2/c1-2-6-19-12(17)9-16-13(18)11(21-14(16)20)7-10-4-3-5-15-8-10/h3-5,7-8H,2,6,9H2,1H3/b11-7-. The number of pyridine rings is 1. The molecule has 2 rings (SSSR count). The van der Waals surface area contributed by atoms with Gasteiger partial charge in [-0.2, -0.15) is 0 Å². The zero-order valence-corrected chi connectivity index (χ0v) is 13.1. The highest BCUT2D eigenvalue weighted by Crippen LogP contribution is 2.32. The predicted octanol–water partition coefficient (Wildman–Crippen LogP) is 2.24. The molecule has 7 heteroatoms. The Bertz CT molecular complexity index is 587. The Morgan fingerprint density at radius 3 is 3.05 bits per heavy atom. The van der Waals surface area contributed by atoms with Crippen LogP contribution in [0.1, 0.15) is 18.9 Å². The van der Waals surface area contributed by atoms with Crippen molar-refractivity contribution in [3.05, 3.63) is 35.0 Å². The van der Waals surface area contributed by atoms with Crippen molar-refractivity contribution in [2.45, 2.75) is 13.3 Å². The van der Waals surface area contributed by atoms with Crippen LogP contribution in [0.15, 0.2) is 29.4 Å². The summed E-state index contributed by atoms with van der Waals surface area (Å²) in [6.07, 6.45) is 5.77. The lowest BCUT2D eigenvalue weighted by molar-refractivity contribution is -0.146. The van der Waals surface area contributed by atoms with Crippen molar-refractivity contribution in [1.29, 1.82) is 0 Å². The maximum absolute atomic E-state index is 12.3. The van der Waals surface area contributed by atoms with Crippen LogP contribution in [0.2, 0.25) is 0 Å². The summed E-state index contributed by atoms with van der Waals surface area (Å²) in [6.45, 7) is 2.11. The highest BCUT2D eigenvalue weighted by molar-refractivity contribution is 8.26. The topological polar surface area (TPSA) is 59.5 Å². The lowest BCUT2D eigenvalue weighted by atomic mass is 10.2. The maximum Gasteiger partial charge on any atom is 0.326 e. The second-order valence-corrected chi connectivity index (χ2v) is 5.95. The normalized spacial score (nSPS) is 16.6. The van der Waals surface area contributed by atoms with Crippen molar-refractivity contribution in [3.8, 4) is 0 Å². The van der Waals surface area contributed by atoms with E-state index < -0.39 is 5.97 Å². The van der Waals surface area contributed by atoms with E-state index >= 15 is 0 Å². The first-order valence-electron chi connectivity index (χ1n) is 6.43. The number of amides is 1. The van der Waals surface area contributed by atoms with Crippen LogP contribution in [-0.2, 0) is 14.3 Å². The quantitative estimate of drug-likeness (QED) is 0.471. The molecule has 0 aliphatic carbocycles. The number of esters is 1. The number of hydrogen-bond donors (Lipinski definition) is 0. The van der Waals surface area contributed by atoms with Crippen molar-refractivity contribution in [2.24, 2.45) is 0 Å². The van der Waals surface area contributed by atoms with Gasteiger partial charge >= 0.3 is 5.97 Å². The number of hydrogen-bond acceptors (Lipinski definition) is 6. The highest BCUT2D eigenvalue weighted by atomic mass is 32.2. The highest BCUT2D eigenvalue weighted by Gasteiger charge is 2.33. The van der Waals surface area contributed by atoms with Crippen molar-refractivity contribution < 1.29 is 14.3 Å². The summed E-state index contributed by atoms with van der Waals surface area (Å²) >= 11 is 6.32. The van der Waals surface area contributed by atoms with Gasteiger partial charge < -0.3 is 4.74 Å². The van der Waals surface area contributed by atoms with E-state index in [9.17, 15) is 9.59 Å². The zero-order chi connectivity index (χ0) is 15.2. The third kappa shape index (κ3) is 4.12. The number of ether oxygens (including phenoxy) is 1. The van der Waals surface area contributed by atoms with Crippen LogP contribution in [0, 0.1) is 0 Å². The van der Waals surface area contributed by atoms with Crippen molar-refractivity contribution in [3.63, 3.8) is 0 Å². The number of nitrogens with zero attached hydrogens (tertiary/aromatic N) is 2. The van der Waals surface area contributed by atoms with Crippen LogP contribution in [-0.4, -0.2) is 39.2 Å². The molecule has 0 bridgehead atoms. The molecule has 1 amide bonds. The minimum absolute atomic E-state index is 0.144. The van der Waals surface area contributed by atoms with E-state index in [-0.39, 0.29) is 12.5 Å². The minimum atomic E-state index is -0.448. The molecule has 0 saturated carbocycles. The van der Waals surface area contributed by atoms with Gasteiger partial charge in [0.1, 0.15) is 10.9 Å². The van der Waals surface area contributed by atoms with E-state index in [1.54, 1.807) is 24.5 Å². The van der Waals surface area contributed by atoms with E-state index in [4.69, 9.17) is 17.0 Å².